The zero-order chi connectivity index (χ0) is 11.0. The summed E-state index contributed by atoms with van der Waals surface area (Å²) in [5.41, 5.74) is -0.0816. The third kappa shape index (κ3) is 1.74. The van der Waals surface area contributed by atoms with Gasteiger partial charge in [-0.05, 0) is 38.6 Å². The van der Waals surface area contributed by atoms with Gasteiger partial charge < -0.3 is 15.0 Å². The van der Waals surface area contributed by atoms with E-state index in [-0.39, 0.29) is 18.1 Å². The Balaban J connectivity index is 1.70. The van der Waals surface area contributed by atoms with Crippen molar-refractivity contribution in [2.24, 2.45) is 0 Å². The first kappa shape index (κ1) is 10.5. The first-order chi connectivity index (χ1) is 7.79. The minimum atomic E-state index is -0.0816. The van der Waals surface area contributed by atoms with Crippen molar-refractivity contribution < 1.29 is 9.53 Å². The minimum absolute atomic E-state index is 0.0816. The molecular formula is C12H20N2O2. The van der Waals surface area contributed by atoms with E-state index in [0.29, 0.717) is 6.04 Å². The Bertz CT molecular complexity index is 283. The Hall–Kier alpha value is -0.610. The molecule has 3 rings (SSSR count). The summed E-state index contributed by atoms with van der Waals surface area (Å²) in [4.78, 5) is 13.9. The molecule has 1 spiro atoms. The molecule has 1 saturated carbocycles. The Kier molecular flexibility index (Phi) is 2.64. The predicted molar refractivity (Wildman–Crippen MR) is 60.1 cm³/mol. The smallest absolute Gasteiger partial charge is 0.248 e. The van der Waals surface area contributed by atoms with Crippen molar-refractivity contribution in [2.45, 2.75) is 43.7 Å². The number of hydrogen-bond acceptors (Lipinski definition) is 3. The van der Waals surface area contributed by atoms with Gasteiger partial charge in [0, 0.05) is 12.6 Å². The van der Waals surface area contributed by atoms with Gasteiger partial charge in [0.1, 0.15) is 6.61 Å². The molecule has 0 aromatic heterocycles. The number of carbonyl (C=O) groups is 1. The van der Waals surface area contributed by atoms with E-state index in [9.17, 15) is 4.79 Å². The maximum absolute atomic E-state index is 11.8. The Morgan fingerprint density at radius 3 is 2.88 bits per heavy atom. The quantitative estimate of drug-likeness (QED) is 0.706. The van der Waals surface area contributed by atoms with Crippen LogP contribution in [0.4, 0.5) is 0 Å². The number of rotatable bonds is 1. The van der Waals surface area contributed by atoms with E-state index in [0.717, 1.165) is 32.5 Å². The lowest BCUT2D eigenvalue weighted by Crippen LogP contribution is -2.63. The van der Waals surface area contributed by atoms with E-state index < -0.39 is 0 Å². The molecule has 3 aliphatic rings. The number of nitrogens with zero attached hydrogens (tertiary/aromatic N) is 1. The topological polar surface area (TPSA) is 41.6 Å². The molecular weight excluding hydrogens is 204 g/mol. The average molecular weight is 224 g/mol. The van der Waals surface area contributed by atoms with Crippen molar-refractivity contribution in [1.29, 1.82) is 0 Å². The van der Waals surface area contributed by atoms with Gasteiger partial charge >= 0.3 is 0 Å². The van der Waals surface area contributed by atoms with Crippen LogP contribution in [0.15, 0.2) is 0 Å². The monoisotopic (exact) mass is 224 g/mol. The standard InChI is InChI=1S/C12H20N2O2/c15-11-7-16-12(5-2-6-13-8-12)9-14(11)10-3-1-4-10/h10,13H,1-9H2. The zero-order valence-electron chi connectivity index (χ0n) is 9.71. The lowest BCUT2D eigenvalue weighted by molar-refractivity contribution is -0.173. The fourth-order valence-corrected chi connectivity index (χ4v) is 2.97. The molecule has 4 nitrogen and oxygen atoms in total. The molecule has 1 amide bonds. The van der Waals surface area contributed by atoms with Crippen LogP contribution in [0.1, 0.15) is 32.1 Å². The summed E-state index contributed by atoms with van der Waals surface area (Å²) in [6.07, 6.45) is 5.91. The highest BCUT2D eigenvalue weighted by atomic mass is 16.5. The SMILES string of the molecule is O=C1COC2(CCCNC2)CN1C1CCC1. The minimum Gasteiger partial charge on any atom is -0.362 e. The second-order valence-electron chi connectivity index (χ2n) is 5.36. The van der Waals surface area contributed by atoms with Crippen LogP contribution in [0.2, 0.25) is 0 Å². The number of nitrogens with one attached hydrogen (secondary N) is 1. The fraction of sp³-hybridized carbons (Fsp3) is 0.917. The fourth-order valence-electron chi connectivity index (χ4n) is 2.97. The van der Waals surface area contributed by atoms with Gasteiger partial charge in [-0.25, -0.2) is 0 Å². The van der Waals surface area contributed by atoms with Crippen molar-refractivity contribution in [1.82, 2.24) is 10.2 Å². The normalized spacial score (nSPS) is 36.5. The molecule has 4 heteroatoms. The summed E-state index contributed by atoms with van der Waals surface area (Å²) in [7, 11) is 0. The Morgan fingerprint density at radius 2 is 2.25 bits per heavy atom. The van der Waals surface area contributed by atoms with Crippen LogP contribution in [0.25, 0.3) is 0 Å². The van der Waals surface area contributed by atoms with E-state index in [4.69, 9.17) is 4.74 Å². The first-order valence-electron chi connectivity index (χ1n) is 6.43. The number of amides is 1. The van der Waals surface area contributed by atoms with Gasteiger partial charge in [-0.3, -0.25) is 4.79 Å². The van der Waals surface area contributed by atoms with E-state index in [2.05, 4.69) is 10.2 Å². The van der Waals surface area contributed by atoms with E-state index in [1.165, 1.54) is 19.3 Å². The van der Waals surface area contributed by atoms with Gasteiger partial charge in [-0.1, -0.05) is 0 Å². The lowest BCUT2D eigenvalue weighted by atomic mass is 9.86. The van der Waals surface area contributed by atoms with Gasteiger partial charge in [-0.2, -0.15) is 0 Å². The van der Waals surface area contributed by atoms with Gasteiger partial charge in [0.25, 0.3) is 0 Å². The summed E-state index contributed by atoms with van der Waals surface area (Å²) in [6.45, 7) is 3.09. The molecule has 0 aromatic rings. The molecule has 1 N–H and O–H groups in total. The Morgan fingerprint density at radius 1 is 1.38 bits per heavy atom. The summed E-state index contributed by atoms with van der Waals surface area (Å²) in [6, 6.07) is 0.509. The molecule has 16 heavy (non-hydrogen) atoms. The maximum atomic E-state index is 11.8. The van der Waals surface area contributed by atoms with E-state index >= 15 is 0 Å². The molecule has 1 aliphatic carbocycles. The van der Waals surface area contributed by atoms with Crippen LogP contribution in [0, 0.1) is 0 Å². The third-order valence-corrected chi connectivity index (χ3v) is 4.23. The molecule has 1 unspecified atom stereocenters. The molecule has 1 atom stereocenters. The zero-order valence-corrected chi connectivity index (χ0v) is 9.71. The molecule has 2 aliphatic heterocycles. The molecule has 90 valence electrons. The summed E-state index contributed by atoms with van der Waals surface area (Å²) in [5, 5.41) is 3.39. The molecule has 3 fully saturated rings. The Labute approximate surface area is 96.3 Å². The number of hydrogen-bond donors (Lipinski definition) is 1. The molecule has 0 radical (unpaired) electrons. The second kappa shape index (κ2) is 4.00. The summed E-state index contributed by atoms with van der Waals surface area (Å²) < 4.78 is 5.81. The molecule has 2 heterocycles. The van der Waals surface area contributed by atoms with Crippen LogP contribution in [0.3, 0.4) is 0 Å². The lowest BCUT2D eigenvalue weighted by Gasteiger charge is -2.49. The second-order valence-corrected chi connectivity index (χ2v) is 5.36. The van der Waals surface area contributed by atoms with Crippen LogP contribution < -0.4 is 5.32 Å². The third-order valence-electron chi connectivity index (χ3n) is 4.23. The molecule has 0 aromatic carbocycles. The average Bonchev–Trinajstić information content (AvgIpc) is 2.23. The van der Waals surface area contributed by atoms with Crippen molar-refractivity contribution in [3.8, 4) is 0 Å². The van der Waals surface area contributed by atoms with Crippen molar-refractivity contribution in [3.63, 3.8) is 0 Å². The van der Waals surface area contributed by atoms with Crippen LogP contribution in [-0.2, 0) is 9.53 Å². The molecule has 0 bridgehead atoms. The van der Waals surface area contributed by atoms with Gasteiger partial charge in [-0.15, -0.1) is 0 Å². The summed E-state index contributed by atoms with van der Waals surface area (Å²) in [5.74, 6) is 0.195. The van der Waals surface area contributed by atoms with Gasteiger partial charge in [0.05, 0.1) is 12.1 Å². The van der Waals surface area contributed by atoms with Crippen LogP contribution in [-0.4, -0.2) is 48.7 Å². The maximum Gasteiger partial charge on any atom is 0.248 e. The first-order valence-corrected chi connectivity index (χ1v) is 6.43. The highest BCUT2D eigenvalue weighted by Gasteiger charge is 2.43. The predicted octanol–water partition coefficient (Wildman–Crippen LogP) is 0.520. The van der Waals surface area contributed by atoms with Crippen molar-refractivity contribution >= 4 is 5.91 Å². The number of morpholine rings is 1. The van der Waals surface area contributed by atoms with Crippen molar-refractivity contribution in [3.05, 3.63) is 0 Å². The number of ether oxygens (including phenoxy) is 1. The van der Waals surface area contributed by atoms with E-state index in [1.807, 2.05) is 0 Å². The van der Waals surface area contributed by atoms with Crippen LogP contribution in [0.5, 0.6) is 0 Å². The number of piperidine rings is 1. The summed E-state index contributed by atoms with van der Waals surface area (Å²) >= 11 is 0. The highest BCUT2D eigenvalue weighted by molar-refractivity contribution is 5.78. The van der Waals surface area contributed by atoms with Gasteiger partial charge in [0.15, 0.2) is 0 Å². The van der Waals surface area contributed by atoms with Crippen LogP contribution >= 0.6 is 0 Å². The molecule has 2 saturated heterocycles. The van der Waals surface area contributed by atoms with Crippen molar-refractivity contribution in [2.75, 3.05) is 26.2 Å². The van der Waals surface area contributed by atoms with Gasteiger partial charge in [0.2, 0.25) is 5.91 Å². The van der Waals surface area contributed by atoms with E-state index in [1.54, 1.807) is 0 Å². The highest BCUT2D eigenvalue weighted by Crippen LogP contribution is 2.32. The largest absolute Gasteiger partial charge is 0.362 e. The number of carbonyl (C=O) groups excluding carboxylic acids is 1.